The Bertz CT molecular complexity index is 1670. The van der Waals surface area contributed by atoms with Gasteiger partial charge in [0.1, 0.15) is 11.5 Å². The number of hydrogen-bond donors (Lipinski definition) is 2. The number of methoxy groups -OCH3 is 1. The number of aryl methyl sites for hydroxylation is 2. The van der Waals surface area contributed by atoms with E-state index in [0.717, 1.165) is 45.8 Å². The van der Waals surface area contributed by atoms with Crippen molar-refractivity contribution in [1.82, 2.24) is 9.78 Å². The molecule has 4 aromatic carbocycles. The molecule has 0 saturated carbocycles. The highest BCUT2D eigenvalue weighted by atomic mass is 19.4. The molecule has 1 heterocycles. The highest BCUT2D eigenvalue weighted by Crippen LogP contribution is 2.38. The number of rotatable bonds is 7. The topological polar surface area (TPSA) is 84.6 Å². The van der Waals surface area contributed by atoms with Gasteiger partial charge in [-0.1, -0.05) is 30.3 Å². The number of alkyl halides is 3. The maximum atomic E-state index is 13.4. The van der Waals surface area contributed by atoms with Crippen molar-refractivity contribution in [3.05, 3.63) is 102 Å². The van der Waals surface area contributed by atoms with Crippen molar-refractivity contribution >= 4 is 16.7 Å². The Balaban J connectivity index is 1.57. The van der Waals surface area contributed by atoms with Crippen LogP contribution in [0.5, 0.6) is 11.5 Å². The van der Waals surface area contributed by atoms with Gasteiger partial charge in [-0.15, -0.1) is 0 Å². The predicted octanol–water partition coefficient (Wildman–Crippen LogP) is 7.04. The number of phenols is 1. The van der Waals surface area contributed by atoms with Crippen molar-refractivity contribution in [3.8, 4) is 34.0 Å². The standard InChI is InChI=1S/C30H23F3N2O4/c1-39-24-10-8-20-14-22(7-6-21(20)15-24)27-17-26(25-16-23(30(31,32)33)9-11-28(25)36)34-35(27)13-12-18-2-4-19(5-3-18)29(37)38/h2-11,14-17,36H,12-13H2,1H3,(H,37,38). The normalized spacial score (nSPS) is 11.6. The number of aromatic carboxylic acids is 1. The van der Waals surface area contributed by atoms with Crippen molar-refractivity contribution in [1.29, 1.82) is 0 Å². The van der Waals surface area contributed by atoms with Gasteiger partial charge in [-0.05, 0) is 77.4 Å². The summed E-state index contributed by atoms with van der Waals surface area (Å²) in [4.78, 5) is 11.2. The maximum Gasteiger partial charge on any atom is 0.416 e. The van der Waals surface area contributed by atoms with E-state index in [0.29, 0.717) is 18.7 Å². The Morgan fingerprint density at radius 1 is 0.923 bits per heavy atom. The molecule has 5 rings (SSSR count). The van der Waals surface area contributed by atoms with Crippen molar-refractivity contribution in [3.63, 3.8) is 0 Å². The summed E-state index contributed by atoms with van der Waals surface area (Å²) >= 11 is 0. The SMILES string of the molecule is COc1ccc2cc(-c3cc(-c4cc(C(F)(F)F)ccc4O)nn3CCc3ccc(C(=O)O)cc3)ccc2c1. The van der Waals surface area contributed by atoms with Gasteiger partial charge in [0, 0.05) is 17.7 Å². The van der Waals surface area contributed by atoms with E-state index < -0.39 is 17.7 Å². The Kier molecular flexibility index (Phi) is 6.74. The number of ether oxygens (including phenoxy) is 1. The molecule has 2 N–H and O–H groups in total. The van der Waals surface area contributed by atoms with Crippen LogP contribution in [0, 0.1) is 0 Å². The second kappa shape index (κ2) is 10.2. The highest BCUT2D eigenvalue weighted by Gasteiger charge is 2.31. The third-order valence-corrected chi connectivity index (χ3v) is 6.54. The largest absolute Gasteiger partial charge is 0.507 e. The lowest BCUT2D eigenvalue weighted by Crippen LogP contribution is -2.06. The van der Waals surface area contributed by atoms with Crippen molar-refractivity contribution < 1.29 is 32.9 Å². The number of carbonyl (C=O) groups is 1. The third-order valence-electron chi connectivity index (χ3n) is 6.54. The van der Waals surface area contributed by atoms with E-state index >= 15 is 0 Å². The molecular weight excluding hydrogens is 509 g/mol. The Morgan fingerprint density at radius 3 is 2.33 bits per heavy atom. The molecule has 0 spiro atoms. The first kappa shape index (κ1) is 25.8. The number of carboxylic acids is 1. The van der Waals surface area contributed by atoms with Gasteiger partial charge in [0.15, 0.2) is 0 Å². The number of halogens is 3. The van der Waals surface area contributed by atoms with Crippen molar-refractivity contribution in [2.75, 3.05) is 7.11 Å². The van der Waals surface area contributed by atoms with Gasteiger partial charge in [0.2, 0.25) is 0 Å². The minimum Gasteiger partial charge on any atom is -0.507 e. The number of phenolic OH excluding ortho intramolecular Hbond substituents is 1. The molecule has 0 aliphatic rings. The van der Waals surface area contributed by atoms with Crippen LogP contribution in [0.4, 0.5) is 13.2 Å². The molecule has 0 bridgehead atoms. The van der Waals surface area contributed by atoms with E-state index in [1.165, 1.54) is 12.1 Å². The van der Waals surface area contributed by atoms with E-state index in [2.05, 4.69) is 5.10 Å². The van der Waals surface area contributed by atoms with Crippen LogP contribution in [0.1, 0.15) is 21.5 Å². The summed E-state index contributed by atoms with van der Waals surface area (Å²) in [7, 11) is 1.59. The summed E-state index contributed by atoms with van der Waals surface area (Å²) in [6.45, 7) is 0.363. The number of aromatic nitrogens is 2. The smallest absolute Gasteiger partial charge is 0.416 e. The molecule has 0 atom stereocenters. The second-order valence-electron chi connectivity index (χ2n) is 9.05. The quantitative estimate of drug-likeness (QED) is 0.235. The first-order chi connectivity index (χ1) is 18.6. The van der Waals surface area contributed by atoms with Crippen LogP contribution in [0.15, 0.2) is 84.9 Å². The predicted molar refractivity (Wildman–Crippen MR) is 141 cm³/mol. The lowest BCUT2D eigenvalue weighted by molar-refractivity contribution is -0.137. The zero-order valence-electron chi connectivity index (χ0n) is 20.7. The molecule has 39 heavy (non-hydrogen) atoms. The number of aromatic hydroxyl groups is 1. The fourth-order valence-corrected chi connectivity index (χ4v) is 4.43. The van der Waals surface area contributed by atoms with Crippen LogP contribution in [0.3, 0.4) is 0 Å². The van der Waals surface area contributed by atoms with E-state index in [1.54, 1.807) is 30.0 Å². The Hall–Kier alpha value is -4.79. The first-order valence-corrected chi connectivity index (χ1v) is 12.0. The summed E-state index contributed by atoms with van der Waals surface area (Å²) in [5.74, 6) is -0.610. The summed E-state index contributed by atoms with van der Waals surface area (Å²) in [6, 6.07) is 22.3. The average Bonchev–Trinajstić information content (AvgIpc) is 3.35. The fraction of sp³-hybridized carbons (Fsp3) is 0.133. The van der Waals surface area contributed by atoms with Gasteiger partial charge in [0.05, 0.1) is 29.6 Å². The van der Waals surface area contributed by atoms with Crippen LogP contribution in [-0.2, 0) is 19.1 Å². The first-order valence-electron chi connectivity index (χ1n) is 12.0. The van der Waals surface area contributed by atoms with Gasteiger partial charge in [-0.2, -0.15) is 18.3 Å². The molecule has 0 aliphatic heterocycles. The average molecular weight is 533 g/mol. The van der Waals surface area contributed by atoms with Crippen LogP contribution in [0.25, 0.3) is 33.3 Å². The molecular formula is C30H23F3N2O4. The molecule has 6 nitrogen and oxygen atoms in total. The van der Waals surface area contributed by atoms with Gasteiger partial charge < -0.3 is 14.9 Å². The van der Waals surface area contributed by atoms with Crippen LogP contribution in [-0.4, -0.2) is 33.1 Å². The maximum absolute atomic E-state index is 13.4. The Labute approximate surface area is 221 Å². The summed E-state index contributed by atoms with van der Waals surface area (Å²) in [5, 5.41) is 26.0. The van der Waals surface area contributed by atoms with Crippen molar-refractivity contribution in [2.24, 2.45) is 0 Å². The minimum atomic E-state index is -4.57. The van der Waals surface area contributed by atoms with E-state index in [-0.39, 0.29) is 22.6 Å². The monoisotopic (exact) mass is 532 g/mol. The fourth-order valence-electron chi connectivity index (χ4n) is 4.43. The minimum absolute atomic E-state index is 0.0267. The van der Waals surface area contributed by atoms with Crippen LogP contribution >= 0.6 is 0 Å². The molecule has 0 radical (unpaired) electrons. The van der Waals surface area contributed by atoms with Crippen molar-refractivity contribution in [2.45, 2.75) is 19.1 Å². The summed E-state index contributed by atoms with van der Waals surface area (Å²) in [6.07, 6.45) is -4.08. The molecule has 0 fully saturated rings. The van der Waals surface area contributed by atoms with Gasteiger partial charge in [0.25, 0.3) is 0 Å². The number of carboxylic acid groups (broad SMARTS) is 1. The molecule has 9 heteroatoms. The Morgan fingerprint density at radius 2 is 1.64 bits per heavy atom. The van der Waals surface area contributed by atoms with Gasteiger partial charge >= 0.3 is 12.1 Å². The third kappa shape index (κ3) is 5.43. The lowest BCUT2D eigenvalue weighted by atomic mass is 10.0. The summed E-state index contributed by atoms with van der Waals surface area (Å²) in [5.41, 5.74) is 1.78. The zero-order chi connectivity index (χ0) is 27.7. The van der Waals surface area contributed by atoms with Crippen LogP contribution in [0.2, 0.25) is 0 Å². The number of nitrogens with zero attached hydrogens (tertiary/aromatic N) is 2. The van der Waals surface area contributed by atoms with E-state index in [1.807, 2.05) is 36.4 Å². The molecule has 5 aromatic rings. The van der Waals surface area contributed by atoms with E-state index in [9.17, 15) is 23.1 Å². The van der Waals surface area contributed by atoms with Gasteiger partial charge in [-0.25, -0.2) is 4.79 Å². The molecule has 1 aromatic heterocycles. The highest BCUT2D eigenvalue weighted by molar-refractivity contribution is 5.89. The zero-order valence-corrected chi connectivity index (χ0v) is 20.7. The number of benzene rings is 4. The molecule has 198 valence electrons. The number of hydrogen-bond acceptors (Lipinski definition) is 4. The number of fused-ring (bicyclic) bond motifs is 1. The molecule has 0 aliphatic carbocycles. The molecule has 0 unspecified atom stereocenters. The van der Waals surface area contributed by atoms with E-state index in [4.69, 9.17) is 9.84 Å². The lowest BCUT2D eigenvalue weighted by Gasteiger charge is -2.10. The second-order valence-corrected chi connectivity index (χ2v) is 9.05. The summed E-state index contributed by atoms with van der Waals surface area (Å²) < 4.78 is 47.2. The van der Waals surface area contributed by atoms with Gasteiger partial charge in [-0.3, -0.25) is 4.68 Å². The molecule has 0 amide bonds. The molecule has 0 saturated heterocycles. The van der Waals surface area contributed by atoms with Crippen LogP contribution < -0.4 is 4.74 Å².